The van der Waals surface area contributed by atoms with Crippen molar-refractivity contribution in [2.45, 2.75) is 13.8 Å². The molecule has 2 amide bonds. The van der Waals surface area contributed by atoms with Crippen LogP contribution in [-0.2, 0) is 9.59 Å². The van der Waals surface area contributed by atoms with E-state index in [0.717, 1.165) is 16.8 Å². The Morgan fingerprint density at radius 2 is 1.71 bits per heavy atom. The molecular weight excluding hydrogens is 430 g/mol. The van der Waals surface area contributed by atoms with Crippen LogP contribution in [0.4, 0.5) is 11.4 Å². The zero-order valence-electron chi connectivity index (χ0n) is 19.2. The molecule has 0 saturated heterocycles. The van der Waals surface area contributed by atoms with Crippen LogP contribution in [0.5, 0.6) is 11.5 Å². The van der Waals surface area contributed by atoms with Crippen molar-refractivity contribution in [2.24, 2.45) is 0 Å². The van der Waals surface area contributed by atoms with E-state index in [9.17, 15) is 14.9 Å². The van der Waals surface area contributed by atoms with Gasteiger partial charge in [-0.3, -0.25) is 9.59 Å². The summed E-state index contributed by atoms with van der Waals surface area (Å²) in [5.41, 5.74) is 3.89. The van der Waals surface area contributed by atoms with Crippen molar-refractivity contribution >= 4 is 29.3 Å². The molecule has 0 atom stereocenters. The fourth-order valence-electron chi connectivity index (χ4n) is 3.10. The number of nitrogens with one attached hydrogen (secondary N) is 2. The zero-order valence-corrected chi connectivity index (χ0v) is 19.2. The molecule has 0 bridgehead atoms. The summed E-state index contributed by atoms with van der Waals surface area (Å²) in [6.07, 6.45) is 1.46. The zero-order chi connectivity index (χ0) is 24.5. The van der Waals surface area contributed by atoms with Crippen LogP contribution < -0.4 is 20.1 Å². The summed E-state index contributed by atoms with van der Waals surface area (Å²) in [4.78, 5) is 24.8. The molecule has 0 heterocycles. The van der Waals surface area contributed by atoms with Gasteiger partial charge in [0, 0.05) is 11.4 Å². The lowest BCUT2D eigenvalue weighted by atomic mass is 10.1. The monoisotopic (exact) mass is 455 g/mol. The highest BCUT2D eigenvalue weighted by Gasteiger charge is 2.11. The summed E-state index contributed by atoms with van der Waals surface area (Å²) in [5, 5.41) is 15.0. The molecule has 3 rings (SSSR count). The van der Waals surface area contributed by atoms with Crippen LogP contribution >= 0.6 is 0 Å². The van der Waals surface area contributed by atoms with E-state index in [1.165, 1.54) is 6.08 Å². The van der Waals surface area contributed by atoms with E-state index in [0.29, 0.717) is 22.7 Å². The smallest absolute Gasteiger partial charge is 0.266 e. The first-order valence-corrected chi connectivity index (χ1v) is 10.6. The van der Waals surface area contributed by atoms with Crippen LogP contribution in [-0.4, -0.2) is 25.5 Å². The molecular formula is C27H25N3O4. The molecule has 172 valence electrons. The fraction of sp³-hybridized carbons (Fsp3) is 0.148. The minimum atomic E-state index is -0.535. The van der Waals surface area contributed by atoms with Gasteiger partial charge in [0.05, 0.1) is 7.11 Å². The fourth-order valence-corrected chi connectivity index (χ4v) is 3.10. The minimum absolute atomic E-state index is 0.0689. The summed E-state index contributed by atoms with van der Waals surface area (Å²) in [7, 11) is 1.55. The topological polar surface area (TPSA) is 100 Å². The molecule has 0 spiro atoms. The minimum Gasteiger partial charge on any atom is -0.497 e. The largest absolute Gasteiger partial charge is 0.497 e. The number of carbonyl (C=O) groups excluding carboxylic acids is 2. The Bertz CT molecular complexity index is 1260. The summed E-state index contributed by atoms with van der Waals surface area (Å²) in [6.45, 7) is 3.75. The number of methoxy groups -OCH3 is 1. The second-order valence-electron chi connectivity index (χ2n) is 7.51. The van der Waals surface area contributed by atoms with E-state index >= 15 is 0 Å². The van der Waals surface area contributed by atoms with Gasteiger partial charge in [-0.25, -0.2) is 0 Å². The normalized spacial score (nSPS) is 10.7. The van der Waals surface area contributed by atoms with Crippen LogP contribution in [0.15, 0.2) is 72.3 Å². The molecule has 0 aliphatic carbocycles. The van der Waals surface area contributed by atoms with Gasteiger partial charge in [-0.15, -0.1) is 0 Å². The Morgan fingerprint density at radius 1 is 0.971 bits per heavy atom. The van der Waals surface area contributed by atoms with Gasteiger partial charge < -0.3 is 20.1 Å². The number of nitrogens with zero attached hydrogens (tertiary/aromatic N) is 1. The second-order valence-corrected chi connectivity index (χ2v) is 7.51. The van der Waals surface area contributed by atoms with Gasteiger partial charge >= 0.3 is 0 Å². The molecule has 34 heavy (non-hydrogen) atoms. The third-order valence-electron chi connectivity index (χ3n) is 5.13. The summed E-state index contributed by atoms with van der Waals surface area (Å²) < 4.78 is 10.7. The van der Waals surface area contributed by atoms with Gasteiger partial charge in [-0.05, 0) is 79.1 Å². The Kier molecular flexibility index (Phi) is 8.03. The van der Waals surface area contributed by atoms with Crippen molar-refractivity contribution in [3.05, 3.63) is 89.0 Å². The summed E-state index contributed by atoms with van der Waals surface area (Å²) in [5.74, 6) is 0.282. The highest BCUT2D eigenvalue weighted by molar-refractivity contribution is 6.09. The first-order valence-electron chi connectivity index (χ1n) is 10.6. The first-order chi connectivity index (χ1) is 16.4. The third kappa shape index (κ3) is 6.47. The molecule has 0 radical (unpaired) electrons. The predicted octanol–water partition coefficient (Wildman–Crippen LogP) is 4.88. The van der Waals surface area contributed by atoms with E-state index in [1.807, 2.05) is 38.1 Å². The van der Waals surface area contributed by atoms with Gasteiger partial charge in [0.1, 0.15) is 23.1 Å². The van der Waals surface area contributed by atoms with Gasteiger partial charge in [-0.2, -0.15) is 5.26 Å². The molecule has 0 aliphatic rings. The van der Waals surface area contributed by atoms with Crippen molar-refractivity contribution in [3.63, 3.8) is 0 Å². The van der Waals surface area contributed by atoms with Crippen molar-refractivity contribution in [1.82, 2.24) is 0 Å². The second kappa shape index (κ2) is 11.3. The van der Waals surface area contributed by atoms with E-state index in [4.69, 9.17) is 9.47 Å². The molecule has 0 unspecified atom stereocenters. The molecule has 3 aromatic carbocycles. The average Bonchev–Trinajstić information content (AvgIpc) is 2.84. The number of benzene rings is 3. The molecule has 7 heteroatoms. The van der Waals surface area contributed by atoms with Crippen molar-refractivity contribution < 1.29 is 19.1 Å². The molecule has 2 N–H and O–H groups in total. The Hall–Kier alpha value is -4.57. The lowest BCUT2D eigenvalue weighted by Crippen LogP contribution is -2.20. The van der Waals surface area contributed by atoms with E-state index in [2.05, 4.69) is 10.6 Å². The van der Waals surface area contributed by atoms with Crippen LogP contribution in [0.3, 0.4) is 0 Å². The van der Waals surface area contributed by atoms with Crippen LogP contribution in [0.2, 0.25) is 0 Å². The van der Waals surface area contributed by atoms with Gasteiger partial charge in [0.15, 0.2) is 6.61 Å². The first kappa shape index (κ1) is 24.1. The maximum Gasteiger partial charge on any atom is 0.266 e. The molecule has 0 saturated carbocycles. The number of hydrogen-bond donors (Lipinski definition) is 2. The highest BCUT2D eigenvalue weighted by Crippen LogP contribution is 2.20. The van der Waals surface area contributed by atoms with Crippen LogP contribution in [0, 0.1) is 25.2 Å². The number of nitriles is 1. The number of rotatable bonds is 8. The number of anilines is 2. The summed E-state index contributed by atoms with van der Waals surface area (Å²) >= 11 is 0. The summed E-state index contributed by atoms with van der Waals surface area (Å²) in [6, 6.07) is 21.2. The molecule has 0 aromatic heterocycles. The van der Waals surface area contributed by atoms with E-state index < -0.39 is 5.91 Å². The van der Waals surface area contributed by atoms with Gasteiger partial charge in [-0.1, -0.05) is 24.3 Å². The van der Waals surface area contributed by atoms with Crippen LogP contribution in [0.1, 0.15) is 16.7 Å². The third-order valence-corrected chi connectivity index (χ3v) is 5.13. The number of ether oxygens (including phenoxy) is 2. The van der Waals surface area contributed by atoms with Crippen molar-refractivity contribution in [1.29, 1.82) is 5.26 Å². The Balaban J connectivity index is 1.63. The highest BCUT2D eigenvalue weighted by atomic mass is 16.5. The quantitative estimate of drug-likeness (QED) is 0.373. The number of carbonyl (C=O) groups is 2. The van der Waals surface area contributed by atoms with Gasteiger partial charge in [0.25, 0.3) is 11.8 Å². The Labute approximate surface area is 198 Å². The number of aryl methyl sites for hydroxylation is 1. The van der Waals surface area contributed by atoms with Crippen molar-refractivity contribution in [2.75, 3.05) is 24.4 Å². The lowest BCUT2D eigenvalue weighted by molar-refractivity contribution is -0.118. The Morgan fingerprint density at radius 3 is 2.41 bits per heavy atom. The van der Waals surface area contributed by atoms with E-state index in [1.54, 1.807) is 55.6 Å². The molecule has 7 nitrogen and oxygen atoms in total. The molecule has 0 fully saturated rings. The standard InChI is InChI=1S/C27H25N3O4/c1-18-6-4-9-25(19(18)2)30-26(31)17-34-24-8-5-7-20(15-24)14-21(16-28)27(32)29-22-10-12-23(33-3)13-11-22/h4-15H,17H2,1-3H3,(H,29,32)(H,30,31)/b21-14-. The average molecular weight is 456 g/mol. The van der Waals surface area contributed by atoms with Crippen molar-refractivity contribution in [3.8, 4) is 17.6 Å². The lowest BCUT2D eigenvalue weighted by Gasteiger charge is -2.11. The maximum atomic E-state index is 12.5. The molecule has 0 aliphatic heterocycles. The number of amides is 2. The molecule has 3 aromatic rings. The maximum absolute atomic E-state index is 12.5. The number of hydrogen-bond acceptors (Lipinski definition) is 5. The SMILES string of the molecule is COc1ccc(NC(=O)/C(C#N)=C\c2cccc(OCC(=O)Nc3cccc(C)c3C)c2)cc1. The van der Waals surface area contributed by atoms with Crippen LogP contribution in [0.25, 0.3) is 6.08 Å². The van der Waals surface area contributed by atoms with Gasteiger partial charge in [0.2, 0.25) is 0 Å². The predicted molar refractivity (Wildman–Crippen MR) is 132 cm³/mol. The van der Waals surface area contributed by atoms with E-state index in [-0.39, 0.29) is 18.1 Å².